The second kappa shape index (κ2) is 22.9. The third kappa shape index (κ3) is 12.9. The molecule has 2 aliphatic heterocycles. The summed E-state index contributed by atoms with van der Waals surface area (Å²) in [4.78, 5) is 65.9. The van der Waals surface area contributed by atoms with Crippen molar-refractivity contribution in [2.45, 2.75) is 104 Å². The number of unbranched alkanes of at least 4 members (excludes halogenated alkanes) is 1. The van der Waals surface area contributed by atoms with Gasteiger partial charge in [0.25, 0.3) is 5.91 Å². The highest BCUT2D eigenvalue weighted by molar-refractivity contribution is 7.81. The number of nitriles is 1. The van der Waals surface area contributed by atoms with Crippen LogP contribution in [0.2, 0.25) is 0 Å². The standard InChI is InChI=1S/C49H53F7N8O7S2/c1-28-39(73-27-60-28)30-13-11-29(12-14-30)24-58-41(66)35-10-9-17-62(35)43(67)40(46(2,3)4)61-36(65)26-70-21-20-69-18-7-8-19-71-42-33(48(51,52)53)22-32(25-59-42)64-45(72)63(44(68)47(64,5)6)34-16-15-31(23-57)37(38(34)50)49(54,55)56/h11-16,22,25,27,35,40H,7-10,17-21,24,26H2,1-6H3,(H,58,66)(H,61,65). The Hall–Kier alpha value is -6.29. The van der Waals surface area contributed by atoms with Gasteiger partial charge in [-0.1, -0.05) is 45.0 Å². The summed E-state index contributed by atoms with van der Waals surface area (Å²) in [7, 11) is 0. The van der Waals surface area contributed by atoms with E-state index >= 15 is 4.39 Å². The molecule has 73 heavy (non-hydrogen) atoms. The summed E-state index contributed by atoms with van der Waals surface area (Å²) in [6.07, 6.45) is -7.79. The van der Waals surface area contributed by atoms with E-state index in [2.05, 4.69) is 20.6 Å². The number of likely N-dealkylation sites (tertiary alicyclic amines) is 1. The SMILES string of the molecule is Cc1ncsc1-c1ccc(CNC(=O)C2CCCN2C(=O)C(NC(=O)COCCOCCCCOc2ncc(N3C(=S)N(c4ccc(C#N)c(C(F)(F)F)c4F)C(=O)C3(C)C)cc2C(F)(F)F)C(C)(C)C)cc1. The van der Waals surface area contributed by atoms with Crippen molar-refractivity contribution in [1.82, 2.24) is 25.5 Å². The molecule has 4 heterocycles. The number of anilines is 2. The molecule has 2 N–H and O–H groups in total. The Kier molecular flexibility index (Phi) is 17.5. The molecule has 0 saturated carbocycles. The summed E-state index contributed by atoms with van der Waals surface area (Å²) in [5.74, 6) is -5.05. The van der Waals surface area contributed by atoms with E-state index in [1.807, 2.05) is 31.2 Å². The van der Waals surface area contributed by atoms with Crippen LogP contribution in [0.4, 0.5) is 42.1 Å². The summed E-state index contributed by atoms with van der Waals surface area (Å²) < 4.78 is 116. The van der Waals surface area contributed by atoms with Crippen LogP contribution in [0.15, 0.2) is 54.2 Å². The molecule has 6 rings (SSSR count). The van der Waals surface area contributed by atoms with Gasteiger partial charge in [0.15, 0.2) is 10.9 Å². The summed E-state index contributed by atoms with van der Waals surface area (Å²) >= 11 is 6.89. The fourth-order valence-corrected chi connectivity index (χ4v) is 9.60. The van der Waals surface area contributed by atoms with Gasteiger partial charge in [0.1, 0.15) is 35.4 Å². The molecule has 4 amide bonds. The van der Waals surface area contributed by atoms with Crippen molar-refractivity contribution in [3.05, 3.63) is 87.9 Å². The zero-order chi connectivity index (χ0) is 53.6. The van der Waals surface area contributed by atoms with Crippen LogP contribution in [-0.2, 0) is 47.5 Å². The van der Waals surface area contributed by atoms with Crippen molar-refractivity contribution in [3.8, 4) is 22.4 Å². The molecule has 2 saturated heterocycles. The van der Waals surface area contributed by atoms with Gasteiger partial charge in [-0.05, 0) is 93.4 Å². The zero-order valence-electron chi connectivity index (χ0n) is 40.6. The van der Waals surface area contributed by atoms with Crippen LogP contribution >= 0.6 is 23.6 Å². The van der Waals surface area contributed by atoms with Gasteiger partial charge in [-0.15, -0.1) is 11.3 Å². The number of thiocarbonyl (C=S) groups is 1. The molecule has 2 atom stereocenters. The largest absolute Gasteiger partial charge is 0.477 e. The maximum absolute atomic E-state index is 15.4. The molecule has 0 aliphatic carbocycles. The topological polar surface area (TPSA) is 179 Å². The minimum Gasteiger partial charge on any atom is -0.477 e. The number of aromatic nitrogens is 2. The molecule has 15 nitrogen and oxygen atoms in total. The van der Waals surface area contributed by atoms with Gasteiger partial charge in [-0.2, -0.15) is 31.6 Å². The first-order valence-corrected chi connectivity index (χ1v) is 24.3. The fourth-order valence-electron chi connectivity index (χ4n) is 8.27. The Morgan fingerprint density at radius 1 is 0.973 bits per heavy atom. The number of alkyl halides is 6. The van der Waals surface area contributed by atoms with Crippen LogP contribution in [0.3, 0.4) is 0 Å². The quantitative estimate of drug-likeness (QED) is 0.0521. The number of amides is 4. The van der Waals surface area contributed by atoms with Gasteiger partial charge in [0, 0.05) is 19.7 Å². The number of pyridine rings is 1. The number of halogens is 7. The highest BCUT2D eigenvalue weighted by atomic mass is 32.1. The highest BCUT2D eigenvalue weighted by Crippen LogP contribution is 2.44. The van der Waals surface area contributed by atoms with Crippen LogP contribution < -0.4 is 25.2 Å². The Labute approximate surface area is 426 Å². The van der Waals surface area contributed by atoms with Crippen LogP contribution in [0, 0.1) is 29.5 Å². The molecule has 2 fully saturated rings. The predicted octanol–water partition coefficient (Wildman–Crippen LogP) is 8.51. The fraction of sp³-hybridized carbons (Fsp3) is 0.469. The van der Waals surface area contributed by atoms with E-state index in [9.17, 15) is 45.5 Å². The maximum atomic E-state index is 15.4. The lowest BCUT2D eigenvalue weighted by Gasteiger charge is -2.35. The number of carbonyl (C=O) groups excluding carboxylic acids is 4. The van der Waals surface area contributed by atoms with Crippen molar-refractivity contribution in [3.63, 3.8) is 0 Å². The molecule has 0 bridgehead atoms. The molecule has 4 aromatic rings. The van der Waals surface area contributed by atoms with E-state index in [1.54, 1.807) is 37.6 Å². The summed E-state index contributed by atoms with van der Waals surface area (Å²) in [6.45, 7) is 10.1. The Balaban J connectivity index is 0.933. The average Bonchev–Trinajstić information content (AvgIpc) is 4.03. The number of hydrogen-bond acceptors (Lipinski definition) is 12. The summed E-state index contributed by atoms with van der Waals surface area (Å²) in [6, 6.07) is 9.44. The van der Waals surface area contributed by atoms with Gasteiger partial charge in [0.05, 0.1) is 65.1 Å². The monoisotopic (exact) mass is 1060 g/mol. The number of ether oxygens (including phenoxy) is 3. The number of nitrogens with zero attached hydrogens (tertiary/aromatic N) is 6. The summed E-state index contributed by atoms with van der Waals surface area (Å²) in [5, 5.41) is 14.2. The van der Waals surface area contributed by atoms with Crippen molar-refractivity contribution < 1.29 is 64.1 Å². The van der Waals surface area contributed by atoms with Crippen LogP contribution in [0.1, 0.15) is 88.2 Å². The van der Waals surface area contributed by atoms with Gasteiger partial charge in [0.2, 0.25) is 23.6 Å². The van der Waals surface area contributed by atoms with Crippen LogP contribution in [0.5, 0.6) is 5.88 Å². The number of carbonyl (C=O) groups is 4. The lowest BCUT2D eigenvalue weighted by Crippen LogP contribution is -2.58. The normalized spacial score (nSPS) is 16.4. The van der Waals surface area contributed by atoms with E-state index < -0.39 is 86.4 Å². The van der Waals surface area contributed by atoms with Crippen LogP contribution in [0.25, 0.3) is 10.4 Å². The summed E-state index contributed by atoms with van der Waals surface area (Å²) in [5.41, 5.74) is -3.56. The van der Waals surface area contributed by atoms with Gasteiger partial charge < -0.3 is 34.6 Å². The molecule has 2 aromatic carbocycles. The predicted molar refractivity (Wildman–Crippen MR) is 259 cm³/mol. The third-order valence-electron chi connectivity index (χ3n) is 12.0. The minimum absolute atomic E-state index is 0.00285. The van der Waals surface area contributed by atoms with Crippen molar-refractivity contribution in [1.29, 1.82) is 5.26 Å². The van der Waals surface area contributed by atoms with Crippen LogP contribution in [-0.4, -0.2) is 101 Å². The molecule has 0 radical (unpaired) electrons. The molecule has 2 unspecified atom stereocenters. The van der Waals surface area contributed by atoms with E-state index in [-0.39, 0.29) is 63.5 Å². The minimum atomic E-state index is -5.33. The molecule has 24 heteroatoms. The molecular formula is C49H53F7N8O7S2. The van der Waals surface area contributed by atoms with Gasteiger partial charge in [-0.3, -0.25) is 24.1 Å². The Morgan fingerprint density at radius 3 is 2.29 bits per heavy atom. The molecule has 0 spiro atoms. The molecule has 392 valence electrons. The Morgan fingerprint density at radius 2 is 1.66 bits per heavy atom. The molecule has 2 aliphatic rings. The number of rotatable bonds is 19. The van der Waals surface area contributed by atoms with E-state index in [0.717, 1.165) is 38.9 Å². The van der Waals surface area contributed by atoms with E-state index in [4.69, 9.17) is 31.7 Å². The van der Waals surface area contributed by atoms with E-state index in [0.29, 0.717) is 42.8 Å². The Bertz CT molecular complexity index is 2740. The number of aryl methyl sites for hydroxylation is 1. The van der Waals surface area contributed by atoms with Gasteiger partial charge >= 0.3 is 12.4 Å². The maximum Gasteiger partial charge on any atom is 0.421 e. The smallest absolute Gasteiger partial charge is 0.421 e. The first kappa shape index (κ1) is 56.0. The first-order valence-electron chi connectivity index (χ1n) is 23.0. The van der Waals surface area contributed by atoms with Crippen molar-refractivity contribution >= 4 is 63.7 Å². The third-order valence-corrected chi connectivity index (χ3v) is 13.4. The van der Waals surface area contributed by atoms with E-state index in [1.165, 1.54) is 24.8 Å². The zero-order valence-corrected chi connectivity index (χ0v) is 42.3. The highest BCUT2D eigenvalue weighted by Gasteiger charge is 2.53. The number of nitrogens with one attached hydrogen (secondary N) is 2. The average molecular weight is 1060 g/mol. The molecule has 2 aromatic heterocycles. The lowest BCUT2D eigenvalue weighted by atomic mass is 9.85. The number of hydrogen-bond donors (Lipinski definition) is 2. The van der Waals surface area contributed by atoms with Crippen molar-refractivity contribution in [2.24, 2.45) is 5.41 Å². The number of benzene rings is 2. The van der Waals surface area contributed by atoms with Gasteiger partial charge in [-0.25, -0.2) is 14.4 Å². The number of thiazole rings is 1. The lowest BCUT2D eigenvalue weighted by molar-refractivity contribution is -0.144. The first-order chi connectivity index (χ1) is 34.3. The second-order valence-electron chi connectivity index (χ2n) is 18.8. The van der Waals surface area contributed by atoms with Crippen molar-refractivity contribution in [2.75, 3.05) is 49.4 Å². The second-order valence-corrected chi connectivity index (χ2v) is 20.0. The molecular weight excluding hydrogens is 1010 g/mol.